The van der Waals surface area contributed by atoms with Gasteiger partial charge in [0.2, 0.25) is 5.91 Å². The first-order chi connectivity index (χ1) is 10.8. The molecule has 1 aliphatic rings. The molecule has 0 saturated carbocycles. The second kappa shape index (κ2) is 6.70. The van der Waals surface area contributed by atoms with Gasteiger partial charge < -0.3 is 10.2 Å². The average Bonchev–Trinajstić information content (AvgIpc) is 3.24. The summed E-state index contributed by atoms with van der Waals surface area (Å²) in [5, 5.41) is 11.4. The highest BCUT2D eigenvalue weighted by molar-refractivity contribution is 5.76. The van der Waals surface area contributed by atoms with E-state index < -0.39 is 0 Å². The molecule has 2 aromatic rings. The number of amides is 1. The first-order valence-electron chi connectivity index (χ1n) is 7.66. The van der Waals surface area contributed by atoms with Crippen molar-refractivity contribution in [3.63, 3.8) is 0 Å². The molecule has 1 fully saturated rings. The van der Waals surface area contributed by atoms with Crippen molar-refractivity contribution in [3.8, 4) is 5.69 Å². The molecule has 1 atom stereocenters. The summed E-state index contributed by atoms with van der Waals surface area (Å²) >= 11 is 0. The standard InChI is InChI=1S/C16H21N5O/c1-20(14-9-10-17-11-14)16(22)8-7-15-19-18-12-21(15)13-5-3-2-4-6-13/h2-6,12,14,17H,7-11H2,1H3. The van der Waals surface area contributed by atoms with Crippen molar-refractivity contribution >= 4 is 5.91 Å². The molecule has 0 radical (unpaired) electrons. The lowest BCUT2D eigenvalue weighted by Crippen LogP contribution is -2.38. The number of nitrogens with zero attached hydrogens (tertiary/aromatic N) is 4. The lowest BCUT2D eigenvalue weighted by Gasteiger charge is -2.23. The van der Waals surface area contributed by atoms with Crippen LogP contribution < -0.4 is 5.32 Å². The Hall–Kier alpha value is -2.21. The minimum absolute atomic E-state index is 0.163. The fraction of sp³-hybridized carbons (Fsp3) is 0.438. The molecule has 0 bridgehead atoms. The van der Waals surface area contributed by atoms with Gasteiger partial charge in [0.25, 0.3) is 0 Å². The Labute approximate surface area is 130 Å². The van der Waals surface area contributed by atoms with Gasteiger partial charge in [-0.3, -0.25) is 9.36 Å². The minimum Gasteiger partial charge on any atom is -0.341 e. The van der Waals surface area contributed by atoms with Gasteiger partial charge >= 0.3 is 0 Å². The molecule has 1 aromatic heterocycles. The molecule has 2 heterocycles. The van der Waals surface area contributed by atoms with Crippen LogP contribution in [-0.4, -0.2) is 51.8 Å². The Morgan fingerprint density at radius 2 is 2.23 bits per heavy atom. The Bertz CT molecular complexity index is 618. The summed E-state index contributed by atoms with van der Waals surface area (Å²) in [6.07, 6.45) is 3.78. The third-order valence-corrected chi connectivity index (χ3v) is 4.19. The fourth-order valence-corrected chi connectivity index (χ4v) is 2.80. The molecule has 1 aliphatic heterocycles. The van der Waals surface area contributed by atoms with Crippen molar-refractivity contribution in [2.75, 3.05) is 20.1 Å². The highest BCUT2D eigenvalue weighted by Crippen LogP contribution is 2.12. The van der Waals surface area contributed by atoms with E-state index in [4.69, 9.17) is 0 Å². The molecular formula is C16H21N5O. The van der Waals surface area contributed by atoms with E-state index in [2.05, 4.69) is 15.5 Å². The first kappa shape index (κ1) is 14.7. The summed E-state index contributed by atoms with van der Waals surface area (Å²) in [6, 6.07) is 10.3. The smallest absolute Gasteiger partial charge is 0.223 e. The van der Waals surface area contributed by atoms with Crippen molar-refractivity contribution < 1.29 is 4.79 Å². The van der Waals surface area contributed by atoms with E-state index in [1.807, 2.05) is 46.8 Å². The van der Waals surface area contributed by atoms with E-state index in [1.165, 1.54) is 0 Å². The predicted octanol–water partition coefficient (Wildman–Crippen LogP) is 1.02. The van der Waals surface area contributed by atoms with Crippen LogP contribution in [0.1, 0.15) is 18.7 Å². The quantitative estimate of drug-likeness (QED) is 0.895. The van der Waals surface area contributed by atoms with E-state index in [0.717, 1.165) is 31.0 Å². The predicted molar refractivity (Wildman–Crippen MR) is 83.7 cm³/mol. The zero-order valence-electron chi connectivity index (χ0n) is 12.8. The topological polar surface area (TPSA) is 63.1 Å². The van der Waals surface area contributed by atoms with Crippen LogP contribution in [0.4, 0.5) is 0 Å². The molecule has 1 aromatic carbocycles. The Balaban J connectivity index is 1.62. The zero-order valence-corrected chi connectivity index (χ0v) is 12.8. The number of para-hydroxylation sites is 1. The number of carbonyl (C=O) groups excluding carboxylic acids is 1. The molecule has 1 unspecified atom stereocenters. The van der Waals surface area contributed by atoms with Crippen LogP contribution in [0.15, 0.2) is 36.7 Å². The second-order valence-corrected chi connectivity index (χ2v) is 5.60. The van der Waals surface area contributed by atoms with Crippen LogP contribution in [0.5, 0.6) is 0 Å². The summed E-state index contributed by atoms with van der Waals surface area (Å²) in [5.74, 6) is 0.980. The highest BCUT2D eigenvalue weighted by atomic mass is 16.2. The number of carbonyl (C=O) groups is 1. The number of aromatic nitrogens is 3. The molecule has 6 nitrogen and oxygen atoms in total. The summed E-state index contributed by atoms with van der Waals surface area (Å²) in [4.78, 5) is 14.2. The van der Waals surface area contributed by atoms with Gasteiger partial charge in [-0.1, -0.05) is 18.2 Å². The first-order valence-corrected chi connectivity index (χ1v) is 7.66. The van der Waals surface area contributed by atoms with Crippen LogP contribution >= 0.6 is 0 Å². The normalized spacial score (nSPS) is 17.6. The molecule has 0 aliphatic carbocycles. The van der Waals surface area contributed by atoms with Gasteiger partial charge in [0.1, 0.15) is 12.2 Å². The summed E-state index contributed by atoms with van der Waals surface area (Å²) in [5.41, 5.74) is 1.02. The summed E-state index contributed by atoms with van der Waals surface area (Å²) in [7, 11) is 1.89. The molecule has 0 spiro atoms. The summed E-state index contributed by atoms with van der Waals surface area (Å²) in [6.45, 7) is 1.88. The zero-order chi connectivity index (χ0) is 15.4. The number of benzene rings is 1. The number of likely N-dealkylation sites (N-methyl/N-ethyl adjacent to an activating group) is 1. The monoisotopic (exact) mass is 299 g/mol. The molecule has 3 rings (SSSR count). The van der Waals surface area contributed by atoms with Gasteiger partial charge in [-0.25, -0.2) is 0 Å². The van der Waals surface area contributed by atoms with Gasteiger partial charge in [0, 0.05) is 38.2 Å². The van der Waals surface area contributed by atoms with Gasteiger partial charge in [-0.15, -0.1) is 10.2 Å². The third kappa shape index (κ3) is 3.17. The maximum atomic E-state index is 12.3. The second-order valence-electron chi connectivity index (χ2n) is 5.60. The number of rotatable bonds is 5. The van der Waals surface area contributed by atoms with E-state index in [0.29, 0.717) is 18.9 Å². The number of hydrogen-bond acceptors (Lipinski definition) is 4. The van der Waals surface area contributed by atoms with E-state index in [9.17, 15) is 4.79 Å². The number of aryl methyl sites for hydroxylation is 1. The van der Waals surface area contributed by atoms with Crippen LogP contribution in [0.25, 0.3) is 5.69 Å². The van der Waals surface area contributed by atoms with Crippen LogP contribution in [0.2, 0.25) is 0 Å². The number of nitrogens with one attached hydrogen (secondary N) is 1. The SMILES string of the molecule is CN(C(=O)CCc1nncn1-c1ccccc1)C1CCNC1. The van der Waals surface area contributed by atoms with Crippen LogP contribution in [-0.2, 0) is 11.2 Å². The van der Waals surface area contributed by atoms with Crippen molar-refractivity contribution in [2.24, 2.45) is 0 Å². The van der Waals surface area contributed by atoms with Crippen LogP contribution in [0.3, 0.4) is 0 Å². The maximum absolute atomic E-state index is 12.3. The highest BCUT2D eigenvalue weighted by Gasteiger charge is 2.23. The van der Waals surface area contributed by atoms with Crippen LogP contribution in [0, 0.1) is 0 Å². The Morgan fingerprint density at radius 3 is 2.95 bits per heavy atom. The molecule has 1 N–H and O–H groups in total. The van der Waals surface area contributed by atoms with Crippen molar-refractivity contribution in [1.29, 1.82) is 0 Å². The molecular weight excluding hydrogens is 278 g/mol. The van der Waals surface area contributed by atoms with E-state index in [-0.39, 0.29) is 5.91 Å². The largest absolute Gasteiger partial charge is 0.341 e. The van der Waals surface area contributed by atoms with Gasteiger partial charge in [-0.2, -0.15) is 0 Å². The number of hydrogen-bond donors (Lipinski definition) is 1. The molecule has 22 heavy (non-hydrogen) atoms. The lowest BCUT2D eigenvalue weighted by atomic mass is 10.2. The lowest BCUT2D eigenvalue weighted by molar-refractivity contribution is -0.131. The van der Waals surface area contributed by atoms with Crippen molar-refractivity contribution in [3.05, 3.63) is 42.5 Å². The van der Waals surface area contributed by atoms with Gasteiger partial charge in [0.05, 0.1) is 0 Å². The summed E-state index contributed by atoms with van der Waals surface area (Å²) < 4.78 is 1.93. The molecule has 1 saturated heterocycles. The molecule has 116 valence electrons. The van der Waals surface area contributed by atoms with E-state index in [1.54, 1.807) is 6.33 Å². The Kier molecular flexibility index (Phi) is 4.48. The van der Waals surface area contributed by atoms with Crippen molar-refractivity contribution in [2.45, 2.75) is 25.3 Å². The molecule has 6 heteroatoms. The van der Waals surface area contributed by atoms with Gasteiger partial charge in [0.15, 0.2) is 0 Å². The fourth-order valence-electron chi connectivity index (χ4n) is 2.80. The molecule has 1 amide bonds. The third-order valence-electron chi connectivity index (χ3n) is 4.19. The van der Waals surface area contributed by atoms with E-state index >= 15 is 0 Å². The van der Waals surface area contributed by atoms with Gasteiger partial charge in [-0.05, 0) is 25.1 Å². The average molecular weight is 299 g/mol. The van der Waals surface area contributed by atoms with Crippen molar-refractivity contribution in [1.82, 2.24) is 25.0 Å². The maximum Gasteiger partial charge on any atom is 0.223 e. The Morgan fingerprint density at radius 1 is 1.41 bits per heavy atom. The minimum atomic E-state index is 0.163.